The van der Waals surface area contributed by atoms with E-state index in [-0.39, 0.29) is 0 Å². The first kappa shape index (κ1) is 13.3. The molecule has 0 aromatic heterocycles. The maximum absolute atomic E-state index is 6.14. The molecule has 1 aromatic rings. The van der Waals surface area contributed by atoms with E-state index < -0.39 is 0 Å². The minimum Gasteiger partial charge on any atom is -0.378 e. The van der Waals surface area contributed by atoms with Crippen LogP contribution in [-0.4, -0.2) is 19.3 Å². The summed E-state index contributed by atoms with van der Waals surface area (Å²) in [5.41, 5.74) is 1.14. The van der Waals surface area contributed by atoms with Gasteiger partial charge >= 0.3 is 0 Å². The van der Waals surface area contributed by atoms with Crippen molar-refractivity contribution in [2.75, 3.05) is 13.2 Å². The minimum atomic E-state index is 0.461. The highest BCUT2D eigenvalue weighted by molar-refractivity contribution is 9.10. The van der Waals surface area contributed by atoms with Gasteiger partial charge in [-0.1, -0.05) is 33.6 Å². The standard InChI is InChI=1S/C13H17BrClNO/c14-11-4-3-10(13(15)8-11)9-16-6-5-12-2-1-7-17-12/h3-4,8,12,16H,1-2,5-7,9H2. The summed E-state index contributed by atoms with van der Waals surface area (Å²) in [6.45, 7) is 2.74. The van der Waals surface area contributed by atoms with Crippen LogP contribution in [-0.2, 0) is 11.3 Å². The van der Waals surface area contributed by atoms with Crippen LogP contribution in [0.25, 0.3) is 0 Å². The van der Waals surface area contributed by atoms with Gasteiger partial charge in [0.25, 0.3) is 0 Å². The van der Waals surface area contributed by atoms with Crippen molar-refractivity contribution in [2.24, 2.45) is 0 Å². The molecule has 0 amide bonds. The van der Waals surface area contributed by atoms with E-state index in [4.69, 9.17) is 16.3 Å². The number of halogens is 2. The molecule has 1 heterocycles. The van der Waals surface area contributed by atoms with E-state index in [1.165, 1.54) is 12.8 Å². The van der Waals surface area contributed by atoms with Gasteiger partial charge in [0, 0.05) is 22.6 Å². The van der Waals surface area contributed by atoms with Gasteiger partial charge < -0.3 is 10.1 Å². The lowest BCUT2D eigenvalue weighted by molar-refractivity contribution is 0.104. The molecule has 1 fully saturated rings. The molecule has 0 radical (unpaired) electrons. The van der Waals surface area contributed by atoms with Crippen molar-refractivity contribution < 1.29 is 4.74 Å². The van der Waals surface area contributed by atoms with Crippen LogP contribution < -0.4 is 5.32 Å². The van der Waals surface area contributed by atoms with Gasteiger partial charge in [0.15, 0.2) is 0 Å². The molecule has 4 heteroatoms. The fourth-order valence-corrected chi connectivity index (χ4v) is 2.76. The van der Waals surface area contributed by atoms with Gasteiger partial charge in [0.05, 0.1) is 6.10 Å². The molecule has 1 aliphatic rings. The van der Waals surface area contributed by atoms with Crippen LogP contribution in [0, 0.1) is 0 Å². The predicted octanol–water partition coefficient (Wildman–Crippen LogP) is 3.76. The Morgan fingerprint density at radius 3 is 3.06 bits per heavy atom. The molecule has 1 saturated heterocycles. The smallest absolute Gasteiger partial charge is 0.0588 e. The number of nitrogens with one attached hydrogen (secondary N) is 1. The highest BCUT2D eigenvalue weighted by atomic mass is 79.9. The predicted molar refractivity (Wildman–Crippen MR) is 74.4 cm³/mol. The Morgan fingerprint density at radius 1 is 1.47 bits per heavy atom. The van der Waals surface area contributed by atoms with Crippen LogP contribution in [0.1, 0.15) is 24.8 Å². The first-order valence-corrected chi connectivity index (χ1v) is 7.19. The molecule has 1 atom stereocenters. The second-order valence-electron chi connectivity index (χ2n) is 4.34. The van der Waals surface area contributed by atoms with Crippen molar-refractivity contribution >= 4 is 27.5 Å². The highest BCUT2D eigenvalue weighted by Gasteiger charge is 2.14. The van der Waals surface area contributed by atoms with Crippen LogP contribution in [0.4, 0.5) is 0 Å². The summed E-state index contributed by atoms with van der Waals surface area (Å²) in [5, 5.41) is 4.22. The number of ether oxygens (including phenoxy) is 1. The summed E-state index contributed by atoms with van der Waals surface area (Å²) in [5.74, 6) is 0. The van der Waals surface area contributed by atoms with Gasteiger partial charge in [0.2, 0.25) is 0 Å². The summed E-state index contributed by atoms with van der Waals surface area (Å²) in [7, 11) is 0. The lowest BCUT2D eigenvalue weighted by atomic mass is 10.2. The van der Waals surface area contributed by atoms with Gasteiger partial charge in [-0.15, -0.1) is 0 Å². The van der Waals surface area contributed by atoms with Crippen molar-refractivity contribution in [3.8, 4) is 0 Å². The van der Waals surface area contributed by atoms with Gasteiger partial charge in [-0.2, -0.15) is 0 Å². The molecule has 0 bridgehead atoms. The van der Waals surface area contributed by atoms with Crippen LogP contribution in [0.3, 0.4) is 0 Å². The van der Waals surface area contributed by atoms with Crippen molar-refractivity contribution in [3.05, 3.63) is 33.3 Å². The SMILES string of the molecule is Clc1cc(Br)ccc1CNCCC1CCCO1. The fraction of sp³-hybridized carbons (Fsp3) is 0.538. The van der Waals surface area contributed by atoms with Crippen LogP contribution >= 0.6 is 27.5 Å². The molecular formula is C13H17BrClNO. The maximum atomic E-state index is 6.14. The average Bonchev–Trinajstić information content (AvgIpc) is 2.79. The minimum absolute atomic E-state index is 0.461. The molecule has 1 aliphatic heterocycles. The second kappa shape index (κ2) is 6.74. The van der Waals surface area contributed by atoms with E-state index in [0.29, 0.717) is 6.10 Å². The first-order chi connectivity index (χ1) is 8.25. The molecule has 0 saturated carbocycles. The number of rotatable bonds is 5. The van der Waals surface area contributed by atoms with Crippen LogP contribution in [0.2, 0.25) is 5.02 Å². The highest BCUT2D eigenvalue weighted by Crippen LogP contribution is 2.21. The van der Waals surface area contributed by atoms with Crippen LogP contribution in [0.15, 0.2) is 22.7 Å². The Hall–Kier alpha value is -0.0900. The third kappa shape index (κ3) is 4.25. The van der Waals surface area contributed by atoms with Crippen molar-refractivity contribution in [1.29, 1.82) is 0 Å². The Bertz CT molecular complexity index is 366. The Morgan fingerprint density at radius 2 is 2.35 bits per heavy atom. The molecule has 1 N–H and O–H groups in total. The number of hydrogen-bond acceptors (Lipinski definition) is 2. The largest absolute Gasteiger partial charge is 0.378 e. The summed E-state index contributed by atoms with van der Waals surface area (Å²) >= 11 is 9.54. The third-order valence-electron chi connectivity index (χ3n) is 3.00. The van der Waals surface area contributed by atoms with E-state index in [0.717, 1.165) is 41.2 Å². The van der Waals surface area contributed by atoms with E-state index in [1.807, 2.05) is 18.2 Å². The molecule has 17 heavy (non-hydrogen) atoms. The molecule has 1 unspecified atom stereocenters. The number of hydrogen-bond donors (Lipinski definition) is 1. The molecular weight excluding hydrogens is 302 g/mol. The Kier molecular flexibility index (Phi) is 5.29. The van der Waals surface area contributed by atoms with Gasteiger partial charge in [-0.3, -0.25) is 0 Å². The van der Waals surface area contributed by atoms with Crippen molar-refractivity contribution in [3.63, 3.8) is 0 Å². The Balaban J connectivity index is 1.70. The summed E-state index contributed by atoms with van der Waals surface area (Å²) in [6, 6.07) is 5.99. The van der Waals surface area contributed by atoms with E-state index in [1.54, 1.807) is 0 Å². The fourth-order valence-electron chi connectivity index (χ4n) is 2.02. The monoisotopic (exact) mass is 317 g/mol. The topological polar surface area (TPSA) is 21.3 Å². The van der Waals surface area contributed by atoms with Gasteiger partial charge in [-0.25, -0.2) is 0 Å². The number of benzene rings is 1. The lowest BCUT2D eigenvalue weighted by Crippen LogP contribution is -2.20. The lowest BCUT2D eigenvalue weighted by Gasteiger charge is -2.10. The normalized spacial score (nSPS) is 19.8. The molecule has 0 spiro atoms. The van der Waals surface area contributed by atoms with Gasteiger partial charge in [-0.05, 0) is 43.5 Å². The zero-order valence-electron chi connectivity index (χ0n) is 9.72. The molecule has 2 nitrogen and oxygen atoms in total. The zero-order chi connectivity index (χ0) is 12.1. The Labute approximate surface area is 116 Å². The average molecular weight is 319 g/mol. The molecule has 1 aromatic carbocycles. The summed E-state index contributed by atoms with van der Waals surface area (Å²) in [4.78, 5) is 0. The summed E-state index contributed by atoms with van der Waals surface area (Å²) < 4.78 is 6.59. The van der Waals surface area contributed by atoms with E-state index in [9.17, 15) is 0 Å². The first-order valence-electron chi connectivity index (χ1n) is 6.02. The third-order valence-corrected chi connectivity index (χ3v) is 3.84. The molecule has 0 aliphatic carbocycles. The van der Waals surface area contributed by atoms with Gasteiger partial charge in [0.1, 0.15) is 0 Å². The quantitative estimate of drug-likeness (QED) is 0.835. The zero-order valence-corrected chi connectivity index (χ0v) is 12.1. The second-order valence-corrected chi connectivity index (χ2v) is 5.66. The van der Waals surface area contributed by atoms with Crippen LogP contribution in [0.5, 0.6) is 0 Å². The molecule has 2 rings (SSSR count). The van der Waals surface area contributed by atoms with E-state index in [2.05, 4.69) is 21.2 Å². The maximum Gasteiger partial charge on any atom is 0.0588 e. The summed E-state index contributed by atoms with van der Waals surface area (Å²) in [6.07, 6.45) is 3.97. The van der Waals surface area contributed by atoms with E-state index >= 15 is 0 Å². The molecule has 94 valence electrons. The van der Waals surface area contributed by atoms with Crippen molar-refractivity contribution in [2.45, 2.75) is 31.9 Å². The van der Waals surface area contributed by atoms with Crippen molar-refractivity contribution in [1.82, 2.24) is 5.32 Å².